The summed E-state index contributed by atoms with van der Waals surface area (Å²) in [5, 5.41) is 14.6. The monoisotopic (exact) mass is 470 g/mol. The van der Waals surface area contributed by atoms with Crippen LogP contribution in [-0.2, 0) is 24.0 Å². The number of nitrogens with zero attached hydrogens (tertiary/aromatic N) is 1. The maximum atomic E-state index is 13.0. The summed E-state index contributed by atoms with van der Waals surface area (Å²) in [7, 11) is 0. The van der Waals surface area contributed by atoms with E-state index in [0.29, 0.717) is 38.8 Å². The van der Waals surface area contributed by atoms with Crippen LogP contribution < -0.4 is 27.8 Å². The topological polar surface area (TPSA) is 211 Å². The second-order valence-corrected chi connectivity index (χ2v) is 8.84. The highest BCUT2D eigenvalue weighted by atomic mass is 16.4. The van der Waals surface area contributed by atoms with Gasteiger partial charge in [-0.05, 0) is 51.0 Å². The molecule has 4 atom stereocenters. The van der Waals surface area contributed by atoms with E-state index in [2.05, 4.69) is 10.6 Å². The number of aliphatic carboxylic acids is 1. The van der Waals surface area contributed by atoms with Crippen molar-refractivity contribution in [2.45, 2.75) is 83.0 Å². The Morgan fingerprint density at radius 1 is 1.09 bits per heavy atom. The first-order valence-corrected chi connectivity index (χ1v) is 11.4. The van der Waals surface area contributed by atoms with Crippen LogP contribution in [0.3, 0.4) is 0 Å². The van der Waals surface area contributed by atoms with Crippen molar-refractivity contribution < 1.29 is 29.1 Å². The van der Waals surface area contributed by atoms with Crippen molar-refractivity contribution in [1.29, 1.82) is 0 Å². The highest BCUT2D eigenvalue weighted by Gasteiger charge is 2.38. The van der Waals surface area contributed by atoms with Gasteiger partial charge in [0.1, 0.15) is 18.1 Å². The smallest absolute Gasteiger partial charge is 0.326 e. The number of carbonyl (C=O) groups excluding carboxylic acids is 4. The Kier molecular flexibility index (Phi) is 11.8. The lowest BCUT2D eigenvalue weighted by molar-refractivity contribution is -0.143. The van der Waals surface area contributed by atoms with Crippen molar-refractivity contribution in [2.75, 3.05) is 13.1 Å². The summed E-state index contributed by atoms with van der Waals surface area (Å²) in [5.74, 6) is -3.52. The summed E-state index contributed by atoms with van der Waals surface area (Å²) in [6.45, 7) is 4.46. The molecule has 0 spiro atoms. The van der Waals surface area contributed by atoms with Gasteiger partial charge in [0.25, 0.3) is 0 Å². The molecule has 1 saturated heterocycles. The van der Waals surface area contributed by atoms with E-state index in [1.54, 1.807) is 0 Å². The first-order valence-electron chi connectivity index (χ1n) is 11.4. The summed E-state index contributed by atoms with van der Waals surface area (Å²) < 4.78 is 0. The van der Waals surface area contributed by atoms with Crippen molar-refractivity contribution in [3.63, 3.8) is 0 Å². The molecule has 188 valence electrons. The maximum absolute atomic E-state index is 13.0. The van der Waals surface area contributed by atoms with Crippen molar-refractivity contribution in [2.24, 2.45) is 23.1 Å². The molecule has 0 radical (unpaired) electrons. The van der Waals surface area contributed by atoms with Gasteiger partial charge in [-0.25, -0.2) is 4.79 Å². The van der Waals surface area contributed by atoms with E-state index in [-0.39, 0.29) is 25.2 Å². The van der Waals surface area contributed by atoms with Crippen LogP contribution in [0.1, 0.15) is 58.8 Å². The zero-order chi connectivity index (χ0) is 25.1. The Morgan fingerprint density at radius 2 is 1.76 bits per heavy atom. The standard InChI is InChI=1S/C21H38N6O6/c1-12(2)10-15(18(29)25-14(21(32)33)6-3-4-8-22)26-19(30)16-7-5-9-27(16)20(31)13(23)11-17(24)28/h12-16H,3-11,22-23H2,1-2H3,(H2,24,28)(H,25,29)(H,26,30)(H,32,33). The Balaban J connectivity index is 2.88. The van der Waals surface area contributed by atoms with E-state index in [1.807, 2.05) is 13.8 Å². The molecule has 1 fully saturated rings. The molecule has 1 rings (SSSR count). The number of nitrogens with one attached hydrogen (secondary N) is 2. The van der Waals surface area contributed by atoms with Crippen LogP contribution in [0.25, 0.3) is 0 Å². The number of hydrogen-bond acceptors (Lipinski definition) is 7. The molecule has 0 saturated carbocycles. The fourth-order valence-corrected chi connectivity index (χ4v) is 3.81. The molecule has 0 aromatic rings. The summed E-state index contributed by atoms with van der Waals surface area (Å²) in [6.07, 6.45) is 2.31. The Bertz CT molecular complexity index is 715. The van der Waals surface area contributed by atoms with Gasteiger partial charge in [0.05, 0.1) is 12.5 Å². The minimum Gasteiger partial charge on any atom is -0.480 e. The van der Waals surface area contributed by atoms with E-state index >= 15 is 0 Å². The minimum atomic E-state index is -1.16. The number of likely N-dealkylation sites (tertiary alicyclic amines) is 1. The number of nitrogens with two attached hydrogens (primary N) is 3. The fourth-order valence-electron chi connectivity index (χ4n) is 3.81. The van der Waals surface area contributed by atoms with E-state index in [4.69, 9.17) is 17.2 Å². The number of rotatable bonds is 14. The molecule has 0 aromatic carbocycles. The summed E-state index contributed by atoms with van der Waals surface area (Å²) in [6, 6.07) is -4.04. The molecule has 9 N–H and O–H groups in total. The molecule has 4 amide bonds. The van der Waals surface area contributed by atoms with Gasteiger partial charge in [-0.2, -0.15) is 0 Å². The van der Waals surface area contributed by atoms with Crippen molar-refractivity contribution in [1.82, 2.24) is 15.5 Å². The number of carbonyl (C=O) groups is 5. The number of carboxylic acid groups (broad SMARTS) is 1. The molecule has 0 aliphatic carbocycles. The Labute approximate surface area is 194 Å². The molecular formula is C21H38N6O6. The zero-order valence-electron chi connectivity index (χ0n) is 19.4. The molecule has 12 heteroatoms. The SMILES string of the molecule is CC(C)CC(NC(=O)C1CCCN1C(=O)C(N)CC(N)=O)C(=O)NC(CCCCN)C(=O)O. The van der Waals surface area contributed by atoms with Gasteiger partial charge in [0, 0.05) is 6.54 Å². The predicted octanol–water partition coefficient (Wildman–Crippen LogP) is -1.59. The predicted molar refractivity (Wildman–Crippen MR) is 120 cm³/mol. The third kappa shape index (κ3) is 9.34. The van der Waals surface area contributed by atoms with E-state index in [0.717, 1.165) is 0 Å². The first kappa shape index (κ1) is 28.3. The lowest BCUT2D eigenvalue weighted by Gasteiger charge is -2.29. The van der Waals surface area contributed by atoms with Crippen LogP contribution in [0.4, 0.5) is 0 Å². The van der Waals surface area contributed by atoms with Crippen LogP contribution >= 0.6 is 0 Å². The summed E-state index contributed by atoms with van der Waals surface area (Å²) in [4.78, 5) is 62.4. The van der Waals surface area contributed by atoms with Crippen LogP contribution in [0.5, 0.6) is 0 Å². The lowest BCUT2D eigenvalue weighted by Crippen LogP contribution is -2.57. The second-order valence-electron chi connectivity index (χ2n) is 8.84. The molecule has 1 aliphatic rings. The molecule has 0 bridgehead atoms. The molecule has 1 heterocycles. The highest BCUT2D eigenvalue weighted by Crippen LogP contribution is 2.19. The minimum absolute atomic E-state index is 0.0341. The number of amides is 4. The normalized spacial score (nSPS) is 18.5. The third-order valence-corrected chi connectivity index (χ3v) is 5.48. The van der Waals surface area contributed by atoms with Gasteiger partial charge in [0.15, 0.2) is 0 Å². The van der Waals surface area contributed by atoms with Gasteiger partial charge >= 0.3 is 5.97 Å². The average Bonchev–Trinajstić information content (AvgIpc) is 3.20. The number of hydrogen-bond donors (Lipinski definition) is 6. The van der Waals surface area contributed by atoms with Gasteiger partial charge in [-0.15, -0.1) is 0 Å². The van der Waals surface area contributed by atoms with Crippen molar-refractivity contribution >= 4 is 29.6 Å². The molecule has 1 aliphatic heterocycles. The largest absolute Gasteiger partial charge is 0.480 e. The third-order valence-electron chi connectivity index (χ3n) is 5.48. The Hall–Kier alpha value is -2.73. The molecular weight excluding hydrogens is 432 g/mol. The fraction of sp³-hybridized carbons (Fsp3) is 0.762. The van der Waals surface area contributed by atoms with E-state index < -0.39 is 53.8 Å². The quantitative estimate of drug-likeness (QED) is 0.162. The van der Waals surface area contributed by atoms with Gasteiger partial charge in [0.2, 0.25) is 23.6 Å². The van der Waals surface area contributed by atoms with Crippen molar-refractivity contribution in [3.8, 4) is 0 Å². The van der Waals surface area contributed by atoms with Crippen LogP contribution in [0.2, 0.25) is 0 Å². The molecule has 12 nitrogen and oxygen atoms in total. The van der Waals surface area contributed by atoms with Crippen LogP contribution in [0, 0.1) is 5.92 Å². The van der Waals surface area contributed by atoms with Crippen molar-refractivity contribution in [3.05, 3.63) is 0 Å². The Morgan fingerprint density at radius 3 is 2.30 bits per heavy atom. The number of unbranched alkanes of at least 4 members (excludes halogenated alkanes) is 1. The molecule has 4 unspecified atom stereocenters. The van der Waals surface area contributed by atoms with E-state index in [9.17, 15) is 29.1 Å². The number of carboxylic acids is 1. The van der Waals surface area contributed by atoms with Gasteiger partial charge in [-0.1, -0.05) is 13.8 Å². The molecule has 0 aromatic heterocycles. The summed E-state index contributed by atoms with van der Waals surface area (Å²) in [5.41, 5.74) is 16.3. The van der Waals surface area contributed by atoms with Crippen LogP contribution in [0.15, 0.2) is 0 Å². The average molecular weight is 471 g/mol. The second kappa shape index (κ2) is 13.7. The van der Waals surface area contributed by atoms with Gasteiger partial charge < -0.3 is 37.8 Å². The highest BCUT2D eigenvalue weighted by molar-refractivity contribution is 5.95. The van der Waals surface area contributed by atoms with Crippen LogP contribution in [-0.4, -0.2) is 76.9 Å². The van der Waals surface area contributed by atoms with E-state index in [1.165, 1.54) is 4.90 Å². The summed E-state index contributed by atoms with van der Waals surface area (Å²) >= 11 is 0. The molecule has 33 heavy (non-hydrogen) atoms. The first-order chi connectivity index (χ1) is 15.5. The maximum Gasteiger partial charge on any atom is 0.326 e. The number of primary amides is 1. The van der Waals surface area contributed by atoms with Gasteiger partial charge in [-0.3, -0.25) is 19.2 Å². The lowest BCUT2D eigenvalue weighted by atomic mass is 10.0. The zero-order valence-corrected chi connectivity index (χ0v) is 19.4.